The second kappa shape index (κ2) is 8.91. The number of nitrogens with zero attached hydrogens (tertiary/aromatic N) is 2. The van der Waals surface area contributed by atoms with Gasteiger partial charge in [-0.1, -0.05) is 11.6 Å². The van der Waals surface area contributed by atoms with E-state index in [-0.39, 0.29) is 12.1 Å². The second-order valence-corrected chi connectivity index (χ2v) is 6.87. The van der Waals surface area contributed by atoms with Crippen molar-refractivity contribution in [1.29, 1.82) is 0 Å². The van der Waals surface area contributed by atoms with Gasteiger partial charge >= 0.3 is 0 Å². The number of ether oxygens (including phenoxy) is 1. The summed E-state index contributed by atoms with van der Waals surface area (Å²) in [6.45, 7) is 0.723. The zero-order chi connectivity index (χ0) is 21.8. The molecule has 1 fully saturated rings. The zero-order valence-corrected chi connectivity index (χ0v) is 16.6. The van der Waals surface area contributed by atoms with Crippen LogP contribution in [0.3, 0.4) is 0 Å². The Morgan fingerprint density at radius 3 is 2.40 bits per heavy atom. The van der Waals surface area contributed by atoms with Gasteiger partial charge in [-0.3, -0.25) is 24.6 Å². The molecular weight excluding hydrogens is 417 g/mol. The maximum Gasteiger partial charge on any atom is 0.276 e. The molecule has 1 atom stereocenters. The first kappa shape index (κ1) is 21.3. The monoisotopic (exact) mass is 433 g/mol. The Hall–Kier alpha value is -3.46. The number of hydrazine groups is 1. The first-order chi connectivity index (χ1) is 14.3. The molecule has 2 aromatic rings. The first-order valence-electron chi connectivity index (χ1n) is 8.86. The molecule has 0 radical (unpaired) electrons. The van der Waals surface area contributed by atoms with Crippen LogP contribution in [0.1, 0.15) is 13.3 Å². The molecule has 30 heavy (non-hydrogen) atoms. The van der Waals surface area contributed by atoms with E-state index < -0.39 is 42.1 Å². The number of nitrogens with one attached hydrogen (secondary N) is 1. The lowest BCUT2D eigenvalue weighted by atomic mass is 10.2. The highest BCUT2D eigenvalue weighted by Crippen LogP contribution is 2.25. The quantitative estimate of drug-likeness (QED) is 0.575. The molecule has 0 spiro atoms. The van der Waals surface area contributed by atoms with Gasteiger partial charge in [0.15, 0.2) is 6.61 Å². The summed E-state index contributed by atoms with van der Waals surface area (Å²) in [5.74, 6) is -2.75. The van der Waals surface area contributed by atoms with Gasteiger partial charge in [0.1, 0.15) is 17.6 Å². The van der Waals surface area contributed by atoms with E-state index in [4.69, 9.17) is 16.3 Å². The minimum atomic E-state index is -1.22. The summed E-state index contributed by atoms with van der Waals surface area (Å²) in [5, 5.41) is 1.31. The van der Waals surface area contributed by atoms with Crippen LogP contribution in [0.25, 0.3) is 0 Å². The van der Waals surface area contributed by atoms with Crippen LogP contribution in [0, 0.1) is 5.82 Å². The normalized spacial score (nSPS) is 15.8. The Kier molecular flexibility index (Phi) is 6.31. The molecule has 1 heterocycles. The van der Waals surface area contributed by atoms with Crippen molar-refractivity contribution in [2.75, 3.05) is 11.5 Å². The van der Waals surface area contributed by atoms with Crippen molar-refractivity contribution < 1.29 is 28.3 Å². The molecule has 1 N–H and O–H groups in total. The van der Waals surface area contributed by atoms with E-state index in [1.54, 1.807) is 24.3 Å². The standard InChI is InChI=1S/C20H17ClFN3O5/c1-12(26)25(23-18(27)11-30-16-8-2-13(21)3-9-16)17-10-19(28)24(20(17)29)15-6-4-14(22)5-7-15/h2-9,17H,10-11H2,1H3,(H,23,27). The Morgan fingerprint density at radius 1 is 1.17 bits per heavy atom. The molecule has 4 amide bonds. The molecular formula is C20H17ClFN3O5. The van der Waals surface area contributed by atoms with Crippen LogP contribution < -0.4 is 15.1 Å². The predicted octanol–water partition coefficient (Wildman–Crippen LogP) is 2.07. The van der Waals surface area contributed by atoms with Crippen LogP contribution in [0.5, 0.6) is 5.75 Å². The Morgan fingerprint density at radius 2 is 1.80 bits per heavy atom. The van der Waals surface area contributed by atoms with Crippen LogP contribution in [0.15, 0.2) is 48.5 Å². The van der Waals surface area contributed by atoms with Gasteiger partial charge in [-0.2, -0.15) is 0 Å². The van der Waals surface area contributed by atoms with Gasteiger partial charge in [0, 0.05) is 11.9 Å². The second-order valence-electron chi connectivity index (χ2n) is 6.43. The largest absolute Gasteiger partial charge is 0.484 e. The van der Waals surface area contributed by atoms with Crippen LogP contribution in [-0.2, 0) is 19.2 Å². The summed E-state index contributed by atoms with van der Waals surface area (Å²) in [6.07, 6.45) is -0.325. The lowest BCUT2D eigenvalue weighted by Crippen LogP contribution is -2.54. The number of hydrogen-bond donors (Lipinski definition) is 1. The van der Waals surface area contributed by atoms with Crippen molar-refractivity contribution in [3.63, 3.8) is 0 Å². The number of carbonyl (C=O) groups excluding carboxylic acids is 4. The van der Waals surface area contributed by atoms with Gasteiger partial charge in [-0.15, -0.1) is 0 Å². The summed E-state index contributed by atoms with van der Waals surface area (Å²) in [7, 11) is 0. The van der Waals surface area contributed by atoms with Crippen molar-refractivity contribution in [3.8, 4) is 5.75 Å². The number of carbonyl (C=O) groups is 4. The third-order valence-corrected chi connectivity index (χ3v) is 4.54. The SMILES string of the molecule is CC(=O)N(NC(=O)COc1ccc(Cl)cc1)C1CC(=O)N(c2ccc(F)cc2)C1=O. The average Bonchev–Trinajstić information content (AvgIpc) is 3.00. The molecule has 0 saturated carbocycles. The highest BCUT2D eigenvalue weighted by Gasteiger charge is 2.44. The molecule has 3 rings (SSSR count). The predicted molar refractivity (Wildman–Crippen MR) is 105 cm³/mol. The number of imide groups is 1. The van der Waals surface area contributed by atoms with Gasteiger partial charge in [0.2, 0.25) is 11.8 Å². The zero-order valence-electron chi connectivity index (χ0n) is 15.8. The van der Waals surface area contributed by atoms with Crippen LogP contribution in [0.4, 0.5) is 10.1 Å². The van der Waals surface area contributed by atoms with E-state index in [9.17, 15) is 23.6 Å². The van der Waals surface area contributed by atoms with Crippen LogP contribution in [-0.4, -0.2) is 41.3 Å². The number of anilines is 1. The van der Waals surface area contributed by atoms with E-state index in [1.807, 2.05) is 0 Å². The van der Waals surface area contributed by atoms with Crippen molar-refractivity contribution in [3.05, 3.63) is 59.4 Å². The maximum absolute atomic E-state index is 13.1. The third kappa shape index (κ3) is 4.74. The number of rotatable bonds is 5. The molecule has 10 heteroatoms. The lowest BCUT2D eigenvalue weighted by molar-refractivity contribution is -0.146. The Bertz CT molecular complexity index is 981. The molecule has 0 bridgehead atoms. The van der Waals surface area contributed by atoms with Crippen LogP contribution >= 0.6 is 11.6 Å². The van der Waals surface area contributed by atoms with E-state index in [1.165, 1.54) is 12.1 Å². The van der Waals surface area contributed by atoms with Crippen LogP contribution in [0.2, 0.25) is 5.02 Å². The summed E-state index contributed by atoms with van der Waals surface area (Å²) < 4.78 is 18.4. The van der Waals surface area contributed by atoms with Gasteiger partial charge in [0.05, 0.1) is 12.1 Å². The number of benzene rings is 2. The van der Waals surface area contributed by atoms with Gasteiger partial charge in [0.25, 0.3) is 11.8 Å². The van der Waals surface area contributed by atoms with Gasteiger partial charge in [-0.25, -0.2) is 14.3 Å². The smallest absolute Gasteiger partial charge is 0.276 e. The fraction of sp³-hybridized carbons (Fsp3) is 0.200. The first-order valence-corrected chi connectivity index (χ1v) is 9.24. The molecule has 2 aromatic carbocycles. The molecule has 0 aromatic heterocycles. The Balaban J connectivity index is 1.68. The van der Waals surface area contributed by atoms with Crippen molar-refractivity contribution in [2.24, 2.45) is 0 Å². The summed E-state index contributed by atoms with van der Waals surface area (Å²) in [5.41, 5.74) is 2.48. The summed E-state index contributed by atoms with van der Waals surface area (Å²) in [4.78, 5) is 50.2. The number of hydrogen-bond acceptors (Lipinski definition) is 5. The van der Waals surface area contributed by atoms with Gasteiger partial charge < -0.3 is 4.74 Å². The lowest BCUT2D eigenvalue weighted by Gasteiger charge is -2.26. The topological polar surface area (TPSA) is 96.0 Å². The fourth-order valence-electron chi connectivity index (χ4n) is 2.90. The van der Waals surface area contributed by atoms with Crippen molar-refractivity contribution in [1.82, 2.24) is 10.4 Å². The summed E-state index contributed by atoms with van der Waals surface area (Å²) >= 11 is 5.78. The Labute approximate surface area is 176 Å². The van der Waals surface area contributed by atoms with Gasteiger partial charge in [-0.05, 0) is 48.5 Å². The molecule has 1 aliphatic rings. The van der Waals surface area contributed by atoms with Crippen molar-refractivity contribution >= 4 is 40.9 Å². The van der Waals surface area contributed by atoms with E-state index in [0.717, 1.165) is 29.0 Å². The minimum Gasteiger partial charge on any atom is -0.484 e. The average molecular weight is 434 g/mol. The molecule has 1 unspecified atom stereocenters. The fourth-order valence-corrected chi connectivity index (χ4v) is 3.03. The van der Waals surface area contributed by atoms with Crippen molar-refractivity contribution in [2.45, 2.75) is 19.4 Å². The highest BCUT2D eigenvalue weighted by molar-refractivity contribution is 6.30. The number of halogens is 2. The number of amides is 4. The van der Waals surface area contributed by atoms with E-state index in [0.29, 0.717) is 10.8 Å². The molecule has 1 saturated heterocycles. The maximum atomic E-state index is 13.1. The molecule has 1 aliphatic heterocycles. The van der Waals surface area contributed by atoms with E-state index in [2.05, 4.69) is 5.43 Å². The summed E-state index contributed by atoms with van der Waals surface area (Å²) in [6, 6.07) is 9.88. The minimum absolute atomic E-state index is 0.176. The molecule has 156 valence electrons. The molecule has 0 aliphatic carbocycles. The highest BCUT2D eigenvalue weighted by atomic mass is 35.5. The third-order valence-electron chi connectivity index (χ3n) is 4.29. The van der Waals surface area contributed by atoms with E-state index >= 15 is 0 Å². The molecule has 8 nitrogen and oxygen atoms in total.